The number of hydrogen-bond acceptors (Lipinski definition) is 2. The Labute approximate surface area is 78.4 Å². The molecule has 1 aromatic rings. The molecule has 12 heavy (non-hydrogen) atoms. The number of halogens is 1. The zero-order valence-electron chi connectivity index (χ0n) is 6.20. The Morgan fingerprint density at radius 2 is 2.00 bits per heavy atom. The fraction of sp³-hybridized carbons (Fsp3) is 0.111. The largest absolute Gasteiger partial charge is 0.301 e. The highest BCUT2D eigenvalue weighted by atomic mass is 79.9. The van der Waals surface area contributed by atoms with Crippen LogP contribution < -0.4 is 0 Å². The van der Waals surface area contributed by atoms with E-state index in [0.717, 1.165) is 22.0 Å². The summed E-state index contributed by atoms with van der Waals surface area (Å²) in [7, 11) is 0. The molecule has 60 valence electrons. The summed E-state index contributed by atoms with van der Waals surface area (Å²) in [6.07, 6.45) is 0.859. The van der Waals surface area contributed by atoms with Gasteiger partial charge in [-0.05, 0) is 17.7 Å². The zero-order chi connectivity index (χ0) is 8.55. The van der Waals surface area contributed by atoms with E-state index in [0.29, 0.717) is 0 Å². The summed E-state index contributed by atoms with van der Waals surface area (Å²) in [5.74, 6) is 0. The predicted octanol–water partition coefficient (Wildman–Crippen LogP) is 1.82. The molecule has 0 spiro atoms. The first-order valence-corrected chi connectivity index (χ1v) is 4.39. The van der Waals surface area contributed by atoms with Gasteiger partial charge in [-0.2, -0.15) is 0 Å². The molecule has 0 amide bonds. The van der Waals surface area contributed by atoms with Crippen LogP contribution in [0.4, 0.5) is 0 Å². The number of aldehydes is 1. The summed E-state index contributed by atoms with van der Waals surface area (Å²) < 4.78 is 1.04. The van der Waals surface area contributed by atoms with Crippen molar-refractivity contribution in [2.45, 2.75) is 6.04 Å². The van der Waals surface area contributed by atoms with Crippen LogP contribution >= 0.6 is 15.9 Å². The first-order valence-electron chi connectivity index (χ1n) is 3.60. The quantitative estimate of drug-likeness (QED) is 0.704. The van der Waals surface area contributed by atoms with Crippen LogP contribution in [0.1, 0.15) is 5.56 Å². The second-order valence-corrected chi connectivity index (χ2v) is 3.52. The minimum absolute atomic E-state index is 0.175. The first-order chi connectivity index (χ1) is 5.81. The van der Waals surface area contributed by atoms with Crippen LogP contribution in [-0.2, 0) is 4.79 Å². The van der Waals surface area contributed by atoms with Crippen molar-refractivity contribution in [3.63, 3.8) is 0 Å². The Balaban J connectivity index is 2.21. The summed E-state index contributed by atoms with van der Waals surface area (Å²) in [5.41, 5.74) is 1.94. The van der Waals surface area contributed by atoms with E-state index >= 15 is 0 Å². The Bertz CT molecular complexity index is 342. The molecular formula is C9H6BrNO. The van der Waals surface area contributed by atoms with Gasteiger partial charge in [0.25, 0.3) is 0 Å². The van der Waals surface area contributed by atoms with Crippen molar-refractivity contribution in [3.05, 3.63) is 34.3 Å². The van der Waals surface area contributed by atoms with Crippen molar-refractivity contribution < 1.29 is 4.79 Å². The van der Waals surface area contributed by atoms with Gasteiger partial charge in [0.1, 0.15) is 6.04 Å². The Hall–Kier alpha value is -0.960. The summed E-state index contributed by atoms with van der Waals surface area (Å²) in [6.45, 7) is 0. The molecule has 2 rings (SSSR count). The van der Waals surface area contributed by atoms with Crippen LogP contribution in [0.2, 0.25) is 0 Å². The number of rotatable bonds is 2. The van der Waals surface area contributed by atoms with Gasteiger partial charge in [-0.15, -0.1) is 0 Å². The molecule has 0 fully saturated rings. The molecule has 2 nitrogen and oxygen atoms in total. The van der Waals surface area contributed by atoms with Crippen molar-refractivity contribution in [1.82, 2.24) is 0 Å². The van der Waals surface area contributed by atoms with Crippen LogP contribution in [0.25, 0.3) is 0 Å². The maximum absolute atomic E-state index is 10.3. The number of hydrogen-bond donors (Lipinski definition) is 0. The minimum Gasteiger partial charge on any atom is -0.301 e. The topological polar surface area (TPSA) is 29.4 Å². The van der Waals surface area contributed by atoms with E-state index in [1.807, 2.05) is 24.3 Å². The lowest BCUT2D eigenvalue weighted by Gasteiger charge is -1.92. The van der Waals surface area contributed by atoms with Crippen molar-refractivity contribution >= 4 is 27.9 Å². The van der Waals surface area contributed by atoms with Gasteiger partial charge in [-0.3, -0.25) is 4.99 Å². The highest BCUT2D eigenvalue weighted by molar-refractivity contribution is 9.10. The fourth-order valence-corrected chi connectivity index (χ4v) is 1.34. The molecule has 1 aliphatic rings. The molecule has 0 saturated carbocycles. The van der Waals surface area contributed by atoms with E-state index < -0.39 is 0 Å². The van der Waals surface area contributed by atoms with Gasteiger partial charge >= 0.3 is 0 Å². The number of nitrogens with zero attached hydrogens (tertiary/aromatic N) is 1. The van der Waals surface area contributed by atoms with E-state index in [9.17, 15) is 4.79 Å². The molecule has 0 aromatic heterocycles. The Kier molecular flexibility index (Phi) is 1.81. The number of benzene rings is 1. The van der Waals surface area contributed by atoms with Crippen LogP contribution in [-0.4, -0.2) is 18.0 Å². The molecule has 0 radical (unpaired) electrons. The van der Waals surface area contributed by atoms with Crippen molar-refractivity contribution in [3.8, 4) is 0 Å². The summed E-state index contributed by atoms with van der Waals surface area (Å²) in [5, 5.41) is 0. The molecule has 3 heteroatoms. The number of carbonyl (C=O) groups excluding carboxylic acids is 1. The van der Waals surface area contributed by atoms with E-state index in [-0.39, 0.29) is 6.04 Å². The highest BCUT2D eigenvalue weighted by Gasteiger charge is 2.27. The van der Waals surface area contributed by atoms with Crippen LogP contribution in [0.15, 0.2) is 33.7 Å². The van der Waals surface area contributed by atoms with Gasteiger partial charge in [-0.25, -0.2) is 0 Å². The third kappa shape index (κ3) is 1.32. The lowest BCUT2D eigenvalue weighted by atomic mass is 10.1. The number of aliphatic imine (C=N–C) groups is 1. The Morgan fingerprint density at radius 3 is 2.50 bits per heavy atom. The van der Waals surface area contributed by atoms with Gasteiger partial charge < -0.3 is 4.79 Å². The maximum Gasteiger partial charge on any atom is 0.150 e. The predicted molar refractivity (Wildman–Crippen MR) is 50.5 cm³/mol. The summed E-state index contributed by atoms with van der Waals surface area (Å²) >= 11 is 3.34. The molecule has 1 aromatic carbocycles. The van der Waals surface area contributed by atoms with Crippen LogP contribution in [0, 0.1) is 0 Å². The van der Waals surface area contributed by atoms with E-state index in [1.54, 1.807) is 0 Å². The summed E-state index contributed by atoms with van der Waals surface area (Å²) in [4.78, 5) is 14.3. The molecule has 0 bridgehead atoms. The smallest absolute Gasteiger partial charge is 0.150 e. The zero-order valence-corrected chi connectivity index (χ0v) is 7.78. The third-order valence-electron chi connectivity index (χ3n) is 1.76. The molecule has 0 aliphatic carbocycles. The second-order valence-electron chi connectivity index (χ2n) is 2.60. The molecule has 1 aliphatic heterocycles. The van der Waals surface area contributed by atoms with Gasteiger partial charge in [0.15, 0.2) is 6.29 Å². The van der Waals surface area contributed by atoms with Crippen molar-refractivity contribution in [2.24, 2.45) is 4.99 Å². The first kappa shape index (κ1) is 7.68. The van der Waals surface area contributed by atoms with Crippen molar-refractivity contribution in [1.29, 1.82) is 0 Å². The van der Waals surface area contributed by atoms with E-state index in [1.165, 1.54) is 0 Å². The number of carbonyl (C=O) groups is 1. The lowest BCUT2D eigenvalue weighted by molar-refractivity contribution is -0.107. The third-order valence-corrected chi connectivity index (χ3v) is 2.29. The van der Waals surface area contributed by atoms with Crippen LogP contribution in [0.5, 0.6) is 0 Å². The van der Waals surface area contributed by atoms with Crippen LogP contribution in [0.3, 0.4) is 0 Å². The monoisotopic (exact) mass is 223 g/mol. The molecule has 1 heterocycles. The second kappa shape index (κ2) is 2.83. The SMILES string of the molecule is O=CC1N=C1c1ccc(Br)cc1. The molecule has 1 atom stereocenters. The average Bonchev–Trinajstić information content (AvgIpc) is 2.85. The van der Waals surface area contributed by atoms with Gasteiger partial charge in [0.2, 0.25) is 0 Å². The minimum atomic E-state index is -0.175. The molecular weight excluding hydrogens is 218 g/mol. The van der Waals surface area contributed by atoms with Gasteiger partial charge in [0, 0.05) is 4.47 Å². The molecule has 0 saturated heterocycles. The van der Waals surface area contributed by atoms with Gasteiger partial charge in [-0.1, -0.05) is 28.1 Å². The maximum atomic E-state index is 10.3. The fourth-order valence-electron chi connectivity index (χ4n) is 1.07. The summed E-state index contributed by atoms with van der Waals surface area (Å²) in [6, 6.07) is 7.61. The van der Waals surface area contributed by atoms with E-state index in [2.05, 4.69) is 20.9 Å². The normalized spacial score (nSPS) is 20.1. The highest BCUT2D eigenvalue weighted by Crippen LogP contribution is 2.19. The van der Waals surface area contributed by atoms with Crippen molar-refractivity contribution in [2.75, 3.05) is 0 Å². The lowest BCUT2D eigenvalue weighted by Crippen LogP contribution is -1.99. The van der Waals surface area contributed by atoms with Gasteiger partial charge in [0.05, 0.1) is 5.71 Å². The molecule has 0 N–H and O–H groups in total. The Morgan fingerprint density at radius 1 is 1.33 bits per heavy atom. The average molecular weight is 224 g/mol. The van der Waals surface area contributed by atoms with E-state index in [4.69, 9.17) is 0 Å². The standard InChI is InChI=1S/C9H6BrNO/c10-7-3-1-6(2-4-7)9-8(5-12)11-9/h1-5,8H. The molecule has 1 unspecified atom stereocenters.